The first kappa shape index (κ1) is 15.5. The lowest BCUT2D eigenvalue weighted by Gasteiger charge is -2.09. The fourth-order valence-corrected chi connectivity index (χ4v) is 3.03. The smallest absolute Gasteiger partial charge is 0.271 e. The molecule has 0 aliphatic carbocycles. The summed E-state index contributed by atoms with van der Waals surface area (Å²) in [7, 11) is 0. The molecule has 124 valence electrons. The van der Waals surface area contributed by atoms with Crippen molar-refractivity contribution in [1.82, 2.24) is 24.5 Å². The zero-order valence-corrected chi connectivity index (χ0v) is 14.3. The van der Waals surface area contributed by atoms with E-state index >= 15 is 0 Å². The molecule has 0 unspecified atom stereocenters. The molecule has 0 amide bonds. The van der Waals surface area contributed by atoms with E-state index in [-0.39, 0.29) is 12.1 Å². The molecule has 2 heterocycles. The van der Waals surface area contributed by atoms with Crippen LogP contribution in [0.15, 0.2) is 59.5 Å². The van der Waals surface area contributed by atoms with Gasteiger partial charge in [-0.15, -0.1) is 0 Å². The number of nitrogens with one attached hydrogen (secondary N) is 1. The Morgan fingerprint density at radius 3 is 2.68 bits per heavy atom. The summed E-state index contributed by atoms with van der Waals surface area (Å²) in [5.41, 5.74) is 1.91. The third-order valence-electron chi connectivity index (χ3n) is 4.09. The van der Waals surface area contributed by atoms with Gasteiger partial charge in [-0.1, -0.05) is 35.9 Å². The van der Waals surface area contributed by atoms with Crippen molar-refractivity contribution in [3.8, 4) is 5.69 Å². The average Bonchev–Trinajstić information content (AvgIpc) is 2.99. The number of hydrogen-bond donors (Lipinski definition) is 1. The van der Waals surface area contributed by atoms with Gasteiger partial charge in [0.1, 0.15) is 6.54 Å². The zero-order valence-electron chi connectivity index (χ0n) is 13.5. The van der Waals surface area contributed by atoms with Crippen molar-refractivity contribution in [3.05, 3.63) is 81.2 Å². The first-order chi connectivity index (χ1) is 12.1. The summed E-state index contributed by atoms with van der Waals surface area (Å²) in [4.78, 5) is 12.7. The minimum atomic E-state index is -0.150. The van der Waals surface area contributed by atoms with Crippen molar-refractivity contribution in [2.75, 3.05) is 0 Å². The number of hydrogen-bond acceptors (Lipinski definition) is 4. The highest BCUT2D eigenvalue weighted by molar-refractivity contribution is 7.71. The van der Waals surface area contributed by atoms with Crippen LogP contribution in [0, 0.1) is 11.7 Å². The van der Waals surface area contributed by atoms with Crippen molar-refractivity contribution in [2.45, 2.75) is 13.5 Å². The van der Waals surface area contributed by atoms with Crippen molar-refractivity contribution in [2.24, 2.45) is 0 Å². The standard InChI is InChI=1S/C18H15N5OS/c1-12-6-8-14(9-7-12)23-16(20-21-18(23)25)11-22-17(24)15-5-3-2-4-13(15)10-19-22/h2-10H,11H2,1H3,(H,21,25). The van der Waals surface area contributed by atoms with Gasteiger partial charge >= 0.3 is 0 Å². The largest absolute Gasteiger partial charge is 0.275 e. The summed E-state index contributed by atoms with van der Waals surface area (Å²) < 4.78 is 3.70. The van der Waals surface area contributed by atoms with Crippen LogP contribution in [0.25, 0.3) is 16.5 Å². The predicted octanol–water partition coefficient (Wildman–Crippen LogP) is 3.00. The van der Waals surface area contributed by atoms with E-state index in [1.54, 1.807) is 12.3 Å². The molecule has 1 N–H and O–H groups in total. The van der Waals surface area contributed by atoms with Gasteiger partial charge < -0.3 is 0 Å². The van der Waals surface area contributed by atoms with Gasteiger partial charge in [-0.3, -0.25) is 14.5 Å². The second kappa shape index (κ2) is 6.10. The van der Waals surface area contributed by atoms with Crippen molar-refractivity contribution < 1.29 is 0 Å². The molecule has 2 aromatic heterocycles. The van der Waals surface area contributed by atoms with E-state index in [9.17, 15) is 4.79 Å². The molecule has 0 bridgehead atoms. The van der Waals surface area contributed by atoms with Crippen LogP contribution >= 0.6 is 12.2 Å². The summed E-state index contributed by atoms with van der Waals surface area (Å²) in [6.07, 6.45) is 1.69. The fourth-order valence-electron chi connectivity index (χ4n) is 2.77. The molecule has 0 saturated heterocycles. The number of aromatic amines is 1. The van der Waals surface area contributed by atoms with Gasteiger partial charge in [0.05, 0.1) is 11.6 Å². The van der Waals surface area contributed by atoms with Gasteiger partial charge in [-0.05, 0) is 37.3 Å². The maximum atomic E-state index is 12.7. The number of aryl methyl sites for hydroxylation is 1. The summed E-state index contributed by atoms with van der Waals surface area (Å²) in [6, 6.07) is 15.4. The molecule has 4 aromatic rings. The Labute approximate surface area is 148 Å². The average molecular weight is 349 g/mol. The molecule has 0 spiro atoms. The SMILES string of the molecule is Cc1ccc(-n2c(Cn3ncc4ccccc4c3=O)n[nH]c2=S)cc1. The number of fused-ring (bicyclic) bond motifs is 1. The Bertz CT molecular complexity index is 1170. The minimum Gasteiger partial charge on any atom is -0.271 e. The van der Waals surface area contributed by atoms with E-state index in [1.807, 2.05) is 54.0 Å². The second-order valence-corrected chi connectivity index (χ2v) is 6.20. The van der Waals surface area contributed by atoms with Gasteiger partial charge in [0.2, 0.25) is 0 Å². The lowest BCUT2D eigenvalue weighted by Crippen LogP contribution is -2.24. The van der Waals surface area contributed by atoms with Crippen LogP contribution in [0.5, 0.6) is 0 Å². The molecule has 7 heteroatoms. The molecule has 0 aliphatic heterocycles. The van der Waals surface area contributed by atoms with Crippen LogP contribution in [-0.4, -0.2) is 24.5 Å². The Morgan fingerprint density at radius 1 is 1.12 bits per heavy atom. The molecular formula is C18H15N5OS. The lowest BCUT2D eigenvalue weighted by molar-refractivity contribution is 0.612. The number of H-pyrrole nitrogens is 1. The molecular weight excluding hydrogens is 334 g/mol. The number of nitrogens with zero attached hydrogens (tertiary/aromatic N) is 4. The van der Waals surface area contributed by atoms with Crippen molar-refractivity contribution in [1.29, 1.82) is 0 Å². The Kier molecular flexibility index (Phi) is 3.77. The van der Waals surface area contributed by atoms with Gasteiger partial charge in [-0.2, -0.15) is 10.2 Å². The molecule has 0 aliphatic rings. The third kappa shape index (κ3) is 2.78. The first-order valence-corrected chi connectivity index (χ1v) is 8.22. The Morgan fingerprint density at radius 2 is 1.88 bits per heavy atom. The summed E-state index contributed by atoms with van der Waals surface area (Å²) in [5, 5.41) is 12.8. The quantitative estimate of drug-likeness (QED) is 0.577. The van der Waals surface area contributed by atoms with E-state index in [0.29, 0.717) is 16.0 Å². The highest BCUT2D eigenvalue weighted by Crippen LogP contribution is 2.13. The van der Waals surface area contributed by atoms with Crippen LogP contribution in [0.3, 0.4) is 0 Å². The van der Waals surface area contributed by atoms with Crippen molar-refractivity contribution in [3.63, 3.8) is 0 Å². The number of rotatable bonds is 3. The van der Waals surface area contributed by atoms with Crippen LogP contribution in [-0.2, 0) is 6.54 Å². The highest BCUT2D eigenvalue weighted by Gasteiger charge is 2.11. The van der Waals surface area contributed by atoms with E-state index in [2.05, 4.69) is 15.3 Å². The van der Waals surface area contributed by atoms with Crippen LogP contribution in [0.2, 0.25) is 0 Å². The van der Waals surface area contributed by atoms with E-state index in [4.69, 9.17) is 12.2 Å². The number of aromatic nitrogens is 5. The zero-order chi connectivity index (χ0) is 17.4. The lowest BCUT2D eigenvalue weighted by atomic mass is 10.2. The molecule has 0 radical (unpaired) electrons. The maximum absolute atomic E-state index is 12.7. The molecule has 25 heavy (non-hydrogen) atoms. The highest BCUT2D eigenvalue weighted by atomic mass is 32.1. The minimum absolute atomic E-state index is 0.150. The summed E-state index contributed by atoms with van der Waals surface area (Å²) >= 11 is 5.35. The molecule has 0 fully saturated rings. The van der Waals surface area contributed by atoms with Crippen molar-refractivity contribution >= 4 is 23.0 Å². The van der Waals surface area contributed by atoms with Gasteiger partial charge in [0.25, 0.3) is 5.56 Å². The first-order valence-electron chi connectivity index (χ1n) is 7.82. The van der Waals surface area contributed by atoms with Gasteiger partial charge in [0.15, 0.2) is 10.6 Å². The van der Waals surface area contributed by atoms with E-state index in [1.165, 1.54) is 4.68 Å². The third-order valence-corrected chi connectivity index (χ3v) is 4.36. The molecule has 0 saturated carbocycles. The monoisotopic (exact) mass is 349 g/mol. The van der Waals surface area contributed by atoms with E-state index in [0.717, 1.165) is 16.6 Å². The molecule has 4 rings (SSSR count). The van der Waals surface area contributed by atoms with Crippen LogP contribution in [0.1, 0.15) is 11.4 Å². The maximum Gasteiger partial charge on any atom is 0.275 e. The van der Waals surface area contributed by atoms with Crippen LogP contribution < -0.4 is 5.56 Å². The summed E-state index contributed by atoms with van der Waals surface area (Å²) in [6.45, 7) is 2.25. The molecule has 0 atom stereocenters. The van der Waals surface area contributed by atoms with Gasteiger partial charge in [-0.25, -0.2) is 4.68 Å². The Hall–Kier alpha value is -3.06. The molecule has 6 nitrogen and oxygen atoms in total. The normalized spacial score (nSPS) is 11.1. The second-order valence-electron chi connectivity index (χ2n) is 5.81. The summed E-state index contributed by atoms with van der Waals surface area (Å²) in [5.74, 6) is 0.624. The number of benzene rings is 2. The van der Waals surface area contributed by atoms with Crippen LogP contribution in [0.4, 0.5) is 0 Å². The Balaban J connectivity index is 1.80. The fraction of sp³-hybridized carbons (Fsp3) is 0.111. The van der Waals surface area contributed by atoms with E-state index < -0.39 is 0 Å². The molecule has 2 aromatic carbocycles. The van der Waals surface area contributed by atoms with Gasteiger partial charge in [0, 0.05) is 11.1 Å². The topological polar surface area (TPSA) is 68.5 Å². The predicted molar refractivity (Wildman–Crippen MR) is 98.6 cm³/mol.